The predicted octanol–water partition coefficient (Wildman–Crippen LogP) is -0.449. The van der Waals surface area contributed by atoms with Crippen molar-refractivity contribution in [2.24, 2.45) is 0 Å². The summed E-state index contributed by atoms with van der Waals surface area (Å²) in [5, 5.41) is 14.6. The third kappa shape index (κ3) is 4.48. The highest BCUT2D eigenvalue weighted by Gasteiger charge is 2.04. The summed E-state index contributed by atoms with van der Waals surface area (Å²) in [6.45, 7) is 4.34. The van der Waals surface area contributed by atoms with Crippen LogP contribution in [0.2, 0.25) is 0 Å². The molecule has 6 nitrogen and oxygen atoms in total. The zero-order chi connectivity index (χ0) is 11.1. The molecule has 0 aliphatic carbocycles. The van der Waals surface area contributed by atoms with Gasteiger partial charge in [0.25, 0.3) is 0 Å². The van der Waals surface area contributed by atoms with Crippen molar-refractivity contribution in [3.8, 4) is 0 Å². The molecule has 0 bridgehead atoms. The van der Waals surface area contributed by atoms with E-state index in [4.69, 9.17) is 0 Å². The summed E-state index contributed by atoms with van der Waals surface area (Å²) < 4.78 is 12.6. The number of hydrogen-bond donors (Lipinski definition) is 1. The predicted molar refractivity (Wildman–Crippen MR) is 58.7 cm³/mol. The summed E-state index contributed by atoms with van der Waals surface area (Å²) in [5.41, 5.74) is 0. The second-order valence-corrected chi connectivity index (χ2v) is 4.78. The van der Waals surface area contributed by atoms with Crippen LogP contribution in [-0.2, 0) is 23.9 Å². The lowest BCUT2D eigenvalue weighted by atomic mass is 10.4. The van der Waals surface area contributed by atoms with E-state index in [1.54, 1.807) is 10.9 Å². The molecule has 0 aliphatic rings. The zero-order valence-electron chi connectivity index (χ0n) is 9.14. The van der Waals surface area contributed by atoms with Gasteiger partial charge in [0.05, 0.1) is 6.54 Å². The average molecular weight is 231 g/mol. The molecule has 1 N–H and O–H groups in total. The van der Waals surface area contributed by atoms with Crippen molar-refractivity contribution < 1.29 is 4.21 Å². The first-order valence-corrected chi connectivity index (χ1v) is 6.72. The number of aromatic nitrogens is 4. The van der Waals surface area contributed by atoms with Gasteiger partial charge in [-0.05, 0) is 23.4 Å². The Bertz CT molecular complexity index is 314. The summed E-state index contributed by atoms with van der Waals surface area (Å²) in [6, 6.07) is 0. The molecule has 0 aromatic carbocycles. The SMILES string of the molecule is CCNCc1nnnn1CCCS(C)=O. The highest BCUT2D eigenvalue weighted by molar-refractivity contribution is 7.84. The molecule has 1 aromatic heterocycles. The smallest absolute Gasteiger partial charge is 0.165 e. The Labute approximate surface area is 91.9 Å². The van der Waals surface area contributed by atoms with Gasteiger partial charge in [-0.25, -0.2) is 4.68 Å². The van der Waals surface area contributed by atoms with Crippen LogP contribution in [0.5, 0.6) is 0 Å². The Hall–Kier alpha value is -0.820. The van der Waals surface area contributed by atoms with Gasteiger partial charge in [-0.15, -0.1) is 5.10 Å². The molecule has 1 atom stereocenters. The molecule has 1 aromatic rings. The van der Waals surface area contributed by atoms with Crippen molar-refractivity contribution in [2.75, 3.05) is 18.6 Å². The van der Waals surface area contributed by atoms with Gasteiger partial charge in [0.15, 0.2) is 5.82 Å². The highest BCUT2D eigenvalue weighted by Crippen LogP contribution is 1.95. The van der Waals surface area contributed by atoms with Crippen molar-refractivity contribution in [2.45, 2.75) is 26.4 Å². The second kappa shape index (κ2) is 6.62. The topological polar surface area (TPSA) is 72.7 Å². The normalized spacial score (nSPS) is 12.9. The maximum atomic E-state index is 10.9. The summed E-state index contributed by atoms with van der Waals surface area (Å²) in [4.78, 5) is 0. The van der Waals surface area contributed by atoms with E-state index in [0.717, 1.165) is 25.3 Å². The van der Waals surface area contributed by atoms with Crippen molar-refractivity contribution in [1.82, 2.24) is 25.5 Å². The average Bonchev–Trinajstić information content (AvgIpc) is 2.62. The molecule has 0 amide bonds. The third-order valence-electron chi connectivity index (χ3n) is 1.94. The lowest BCUT2D eigenvalue weighted by molar-refractivity contribution is 0.539. The van der Waals surface area contributed by atoms with Crippen LogP contribution in [0.25, 0.3) is 0 Å². The standard InChI is InChI=1S/C8H17N5OS/c1-3-9-7-8-10-11-12-13(8)5-4-6-15(2)14/h9H,3-7H2,1-2H3. The molecule has 0 radical (unpaired) electrons. The van der Waals surface area contributed by atoms with E-state index in [2.05, 4.69) is 20.8 Å². The molecule has 15 heavy (non-hydrogen) atoms. The van der Waals surface area contributed by atoms with Crippen LogP contribution in [0.15, 0.2) is 0 Å². The minimum absolute atomic E-state index is 0.679. The van der Waals surface area contributed by atoms with Crippen LogP contribution < -0.4 is 5.32 Å². The van der Waals surface area contributed by atoms with Gasteiger partial charge < -0.3 is 5.32 Å². The van der Waals surface area contributed by atoms with Gasteiger partial charge in [0.1, 0.15) is 0 Å². The van der Waals surface area contributed by atoms with Crippen molar-refractivity contribution >= 4 is 10.8 Å². The minimum atomic E-state index is -0.737. The van der Waals surface area contributed by atoms with E-state index in [9.17, 15) is 4.21 Å². The van der Waals surface area contributed by atoms with E-state index in [0.29, 0.717) is 12.3 Å². The van der Waals surface area contributed by atoms with E-state index in [1.807, 2.05) is 6.92 Å². The quantitative estimate of drug-likeness (QED) is 0.688. The Kier molecular flexibility index (Phi) is 5.41. The number of nitrogens with zero attached hydrogens (tertiary/aromatic N) is 4. The minimum Gasteiger partial charge on any atom is -0.310 e. The number of hydrogen-bond acceptors (Lipinski definition) is 5. The number of nitrogens with one attached hydrogen (secondary N) is 1. The van der Waals surface area contributed by atoms with Gasteiger partial charge in [-0.1, -0.05) is 6.92 Å². The summed E-state index contributed by atoms with van der Waals surface area (Å²) in [5.74, 6) is 1.53. The molecule has 7 heteroatoms. The summed E-state index contributed by atoms with van der Waals surface area (Å²) >= 11 is 0. The first-order chi connectivity index (χ1) is 7.24. The molecule has 0 aliphatic heterocycles. The molecule has 0 fully saturated rings. The zero-order valence-corrected chi connectivity index (χ0v) is 9.96. The fourth-order valence-corrected chi connectivity index (χ4v) is 1.71. The summed E-state index contributed by atoms with van der Waals surface area (Å²) in [7, 11) is -0.737. The van der Waals surface area contributed by atoms with Gasteiger partial charge in [-0.3, -0.25) is 4.21 Å². The monoisotopic (exact) mass is 231 g/mol. The Balaban J connectivity index is 2.39. The van der Waals surface area contributed by atoms with E-state index in [1.165, 1.54) is 0 Å². The number of aryl methyl sites for hydroxylation is 1. The molecular formula is C8H17N5OS. The van der Waals surface area contributed by atoms with E-state index < -0.39 is 10.8 Å². The van der Waals surface area contributed by atoms with Gasteiger partial charge in [0.2, 0.25) is 0 Å². The fraction of sp³-hybridized carbons (Fsp3) is 0.875. The van der Waals surface area contributed by atoms with Crippen LogP contribution >= 0.6 is 0 Å². The molecule has 0 spiro atoms. The van der Waals surface area contributed by atoms with Crippen LogP contribution in [0.3, 0.4) is 0 Å². The van der Waals surface area contributed by atoms with Crippen molar-refractivity contribution in [3.05, 3.63) is 5.82 Å². The molecule has 1 unspecified atom stereocenters. The number of tetrazole rings is 1. The lowest BCUT2D eigenvalue weighted by Crippen LogP contribution is -2.17. The number of rotatable bonds is 7. The van der Waals surface area contributed by atoms with Crippen LogP contribution in [-0.4, -0.2) is 43.0 Å². The van der Waals surface area contributed by atoms with Crippen LogP contribution in [0, 0.1) is 0 Å². The summed E-state index contributed by atoms with van der Waals surface area (Å²) in [6.07, 6.45) is 2.55. The Morgan fingerprint density at radius 2 is 2.33 bits per heavy atom. The largest absolute Gasteiger partial charge is 0.310 e. The molecule has 0 saturated carbocycles. The van der Waals surface area contributed by atoms with Crippen LogP contribution in [0.4, 0.5) is 0 Å². The Morgan fingerprint density at radius 1 is 1.53 bits per heavy atom. The molecular weight excluding hydrogens is 214 g/mol. The first kappa shape index (κ1) is 12.3. The van der Waals surface area contributed by atoms with Gasteiger partial charge in [-0.2, -0.15) is 0 Å². The Morgan fingerprint density at radius 3 is 3.00 bits per heavy atom. The van der Waals surface area contributed by atoms with Crippen LogP contribution in [0.1, 0.15) is 19.2 Å². The lowest BCUT2D eigenvalue weighted by Gasteiger charge is -2.03. The van der Waals surface area contributed by atoms with E-state index >= 15 is 0 Å². The third-order valence-corrected chi connectivity index (χ3v) is 2.80. The second-order valence-electron chi connectivity index (χ2n) is 3.23. The fourth-order valence-electron chi connectivity index (χ4n) is 1.18. The molecule has 0 saturated heterocycles. The maximum absolute atomic E-state index is 10.9. The van der Waals surface area contributed by atoms with Gasteiger partial charge in [0, 0.05) is 29.4 Å². The maximum Gasteiger partial charge on any atom is 0.165 e. The first-order valence-electron chi connectivity index (χ1n) is 4.99. The van der Waals surface area contributed by atoms with Crippen molar-refractivity contribution in [1.29, 1.82) is 0 Å². The highest BCUT2D eigenvalue weighted by atomic mass is 32.2. The molecule has 1 rings (SSSR count). The van der Waals surface area contributed by atoms with E-state index in [-0.39, 0.29) is 0 Å². The van der Waals surface area contributed by atoms with Crippen molar-refractivity contribution in [3.63, 3.8) is 0 Å². The van der Waals surface area contributed by atoms with Gasteiger partial charge >= 0.3 is 0 Å². The molecule has 1 heterocycles. The molecule has 86 valence electrons.